The Morgan fingerprint density at radius 2 is 2.05 bits per heavy atom. The van der Waals surface area contributed by atoms with Crippen molar-refractivity contribution in [2.75, 3.05) is 5.73 Å². The minimum Gasteiger partial charge on any atom is -0.398 e. The maximum Gasteiger partial charge on any atom is 0.182 e. The summed E-state index contributed by atoms with van der Waals surface area (Å²) < 4.78 is 2.00. The third-order valence-corrected chi connectivity index (χ3v) is 4.73. The summed E-state index contributed by atoms with van der Waals surface area (Å²) in [5.74, 6) is 2.22. The Labute approximate surface area is 125 Å². The molecule has 0 amide bonds. The molecule has 3 unspecified atom stereocenters. The first kappa shape index (κ1) is 14.0. The molecule has 1 aliphatic carbocycles. The second-order valence-corrected chi connectivity index (χ2v) is 6.48. The highest BCUT2D eigenvalue weighted by Gasteiger charge is 2.29. The molecule has 1 aliphatic rings. The molecule has 1 aromatic heterocycles. The molecule has 0 spiro atoms. The monoisotopic (exact) mass is 285 g/mol. The standard InChI is InChI=1S/C16H23N5/c1-10-4-7-15(12(3)8-10)21-16(18-19-20-21)13-6-5-11(2)14(17)9-13/h5-6,9-10,12,15H,4,7-8,17H2,1-3H3. The number of hydrogen-bond acceptors (Lipinski definition) is 4. The first-order valence-corrected chi connectivity index (χ1v) is 7.70. The summed E-state index contributed by atoms with van der Waals surface area (Å²) >= 11 is 0. The van der Waals surface area contributed by atoms with Crippen molar-refractivity contribution in [3.05, 3.63) is 23.8 Å². The van der Waals surface area contributed by atoms with Gasteiger partial charge >= 0.3 is 0 Å². The van der Waals surface area contributed by atoms with Crippen LogP contribution in [0.3, 0.4) is 0 Å². The molecule has 112 valence electrons. The number of rotatable bonds is 2. The minimum absolute atomic E-state index is 0.383. The number of anilines is 1. The van der Waals surface area contributed by atoms with E-state index in [1.165, 1.54) is 12.8 Å². The van der Waals surface area contributed by atoms with Gasteiger partial charge in [-0.25, -0.2) is 4.68 Å². The molecule has 0 radical (unpaired) electrons. The number of nitrogens with zero attached hydrogens (tertiary/aromatic N) is 4. The van der Waals surface area contributed by atoms with Crippen LogP contribution in [0.25, 0.3) is 11.4 Å². The van der Waals surface area contributed by atoms with Crippen LogP contribution in [0.5, 0.6) is 0 Å². The second-order valence-electron chi connectivity index (χ2n) is 6.48. The molecule has 1 heterocycles. The summed E-state index contributed by atoms with van der Waals surface area (Å²) in [5.41, 5.74) is 8.88. The molecular formula is C16H23N5. The summed E-state index contributed by atoms with van der Waals surface area (Å²) in [6.45, 7) is 6.63. The van der Waals surface area contributed by atoms with Crippen LogP contribution >= 0.6 is 0 Å². The summed E-state index contributed by atoms with van der Waals surface area (Å²) in [5, 5.41) is 12.4. The molecule has 1 fully saturated rings. The van der Waals surface area contributed by atoms with Crippen molar-refractivity contribution in [2.45, 2.75) is 46.1 Å². The fourth-order valence-corrected chi connectivity index (χ4v) is 3.40. The van der Waals surface area contributed by atoms with Crippen LogP contribution in [-0.2, 0) is 0 Å². The highest BCUT2D eigenvalue weighted by atomic mass is 15.5. The second kappa shape index (κ2) is 5.47. The van der Waals surface area contributed by atoms with E-state index in [0.717, 1.165) is 35.0 Å². The van der Waals surface area contributed by atoms with Gasteiger partial charge in [0.05, 0.1) is 6.04 Å². The zero-order chi connectivity index (χ0) is 15.0. The van der Waals surface area contributed by atoms with Crippen molar-refractivity contribution in [3.63, 3.8) is 0 Å². The number of benzene rings is 1. The van der Waals surface area contributed by atoms with Crippen LogP contribution in [-0.4, -0.2) is 20.2 Å². The summed E-state index contributed by atoms with van der Waals surface area (Å²) in [4.78, 5) is 0. The van der Waals surface area contributed by atoms with Gasteiger partial charge in [-0.3, -0.25) is 0 Å². The van der Waals surface area contributed by atoms with Crippen molar-refractivity contribution in [1.29, 1.82) is 0 Å². The molecule has 21 heavy (non-hydrogen) atoms. The molecule has 1 aromatic carbocycles. The summed E-state index contributed by atoms with van der Waals surface area (Å²) in [6.07, 6.45) is 3.62. The average molecular weight is 285 g/mol. The molecule has 5 nitrogen and oxygen atoms in total. The third kappa shape index (κ3) is 2.64. The van der Waals surface area contributed by atoms with Gasteiger partial charge in [0, 0.05) is 11.3 Å². The van der Waals surface area contributed by atoms with E-state index in [9.17, 15) is 0 Å². The van der Waals surface area contributed by atoms with Crippen LogP contribution < -0.4 is 5.73 Å². The molecule has 3 rings (SSSR count). The number of aromatic nitrogens is 4. The van der Waals surface area contributed by atoms with E-state index in [1.54, 1.807) is 0 Å². The summed E-state index contributed by atoms with van der Waals surface area (Å²) in [6, 6.07) is 6.42. The van der Waals surface area contributed by atoms with Gasteiger partial charge in [0.2, 0.25) is 0 Å². The number of hydrogen-bond donors (Lipinski definition) is 1. The van der Waals surface area contributed by atoms with Crippen LogP contribution in [0.1, 0.15) is 44.7 Å². The van der Waals surface area contributed by atoms with Crippen molar-refractivity contribution in [1.82, 2.24) is 20.2 Å². The van der Waals surface area contributed by atoms with Crippen molar-refractivity contribution >= 4 is 5.69 Å². The van der Waals surface area contributed by atoms with Crippen molar-refractivity contribution in [3.8, 4) is 11.4 Å². The molecule has 0 bridgehead atoms. The maximum atomic E-state index is 6.02. The van der Waals surface area contributed by atoms with E-state index in [2.05, 4.69) is 29.4 Å². The predicted molar refractivity (Wildman–Crippen MR) is 83.6 cm³/mol. The SMILES string of the molecule is Cc1ccc(-c2nnnn2C2CCC(C)CC2C)cc1N. The van der Waals surface area contributed by atoms with Gasteiger partial charge in [0.25, 0.3) is 0 Å². The van der Waals surface area contributed by atoms with Gasteiger partial charge in [-0.1, -0.05) is 26.0 Å². The van der Waals surface area contributed by atoms with Crippen LogP contribution in [0.15, 0.2) is 18.2 Å². The molecule has 1 saturated carbocycles. The zero-order valence-corrected chi connectivity index (χ0v) is 13.0. The normalized spacial score (nSPS) is 26.0. The lowest BCUT2D eigenvalue weighted by Gasteiger charge is -2.32. The van der Waals surface area contributed by atoms with Crippen LogP contribution in [0, 0.1) is 18.8 Å². The molecular weight excluding hydrogens is 262 g/mol. The molecule has 2 N–H and O–H groups in total. The number of tetrazole rings is 1. The van der Waals surface area contributed by atoms with Gasteiger partial charge in [-0.05, 0) is 60.1 Å². The minimum atomic E-state index is 0.383. The third-order valence-electron chi connectivity index (χ3n) is 4.73. The Morgan fingerprint density at radius 3 is 2.76 bits per heavy atom. The van der Waals surface area contributed by atoms with Crippen LogP contribution in [0.2, 0.25) is 0 Å². The lowest BCUT2D eigenvalue weighted by molar-refractivity contribution is 0.194. The van der Waals surface area contributed by atoms with Crippen molar-refractivity contribution < 1.29 is 0 Å². The predicted octanol–water partition coefficient (Wildman–Crippen LogP) is 3.23. The first-order chi connectivity index (χ1) is 10.1. The number of nitrogens with two attached hydrogens (primary N) is 1. The van der Waals surface area contributed by atoms with E-state index in [0.29, 0.717) is 12.0 Å². The van der Waals surface area contributed by atoms with E-state index in [1.807, 2.05) is 29.8 Å². The highest BCUT2D eigenvalue weighted by Crippen LogP contribution is 2.38. The molecule has 5 heteroatoms. The summed E-state index contributed by atoms with van der Waals surface area (Å²) in [7, 11) is 0. The lowest BCUT2D eigenvalue weighted by atomic mass is 9.80. The Bertz CT molecular complexity index is 633. The van der Waals surface area contributed by atoms with Gasteiger partial charge in [-0.15, -0.1) is 5.10 Å². The Hall–Kier alpha value is -1.91. The van der Waals surface area contributed by atoms with Gasteiger partial charge in [0.15, 0.2) is 5.82 Å². The fourth-order valence-electron chi connectivity index (χ4n) is 3.40. The Kier molecular flexibility index (Phi) is 3.66. The number of aryl methyl sites for hydroxylation is 1. The quantitative estimate of drug-likeness (QED) is 0.860. The van der Waals surface area contributed by atoms with Gasteiger partial charge in [0.1, 0.15) is 0 Å². The molecule has 0 aliphatic heterocycles. The van der Waals surface area contributed by atoms with Crippen molar-refractivity contribution in [2.24, 2.45) is 11.8 Å². The molecule has 2 aromatic rings. The Morgan fingerprint density at radius 1 is 1.24 bits per heavy atom. The maximum absolute atomic E-state index is 6.02. The smallest absolute Gasteiger partial charge is 0.182 e. The van der Waals surface area contributed by atoms with E-state index < -0.39 is 0 Å². The molecule has 0 saturated heterocycles. The van der Waals surface area contributed by atoms with Crippen LogP contribution in [0.4, 0.5) is 5.69 Å². The zero-order valence-electron chi connectivity index (χ0n) is 13.0. The van der Waals surface area contributed by atoms with E-state index in [-0.39, 0.29) is 0 Å². The highest BCUT2D eigenvalue weighted by molar-refractivity contribution is 5.63. The van der Waals surface area contributed by atoms with E-state index >= 15 is 0 Å². The average Bonchev–Trinajstić information content (AvgIpc) is 2.91. The first-order valence-electron chi connectivity index (χ1n) is 7.70. The topological polar surface area (TPSA) is 69.6 Å². The van der Waals surface area contributed by atoms with E-state index in [4.69, 9.17) is 5.73 Å². The van der Waals surface area contributed by atoms with Gasteiger partial charge < -0.3 is 5.73 Å². The largest absolute Gasteiger partial charge is 0.398 e. The number of nitrogen functional groups attached to an aromatic ring is 1. The van der Waals surface area contributed by atoms with Gasteiger partial charge in [-0.2, -0.15) is 0 Å². The fraction of sp³-hybridized carbons (Fsp3) is 0.562. The Balaban J connectivity index is 1.95. The lowest BCUT2D eigenvalue weighted by Crippen LogP contribution is -2.26. The molecule has 3 atom stereocenters.